The van der Waals surface area contributed by atoms with E-state index < -0.39 is 5.41 Å². The summed E-state index contributed by atoms with van der Waals surface area (Å²) in [5.74, 6) is 0.841. The van der Waals surface area contributed by atoms with E-state index >= 15 is 0 Å². The van der Waals surface area contributed by atoms with Crippen molar-refractivity contribution in [3.8, 4) is 17.4 Å². The van der Waals surface area contributed by atoms with Gasteiger partial charge in [-0.05, 0) is 42.8 Å². The molecule has 0 spiro atoms. The number of hydrogen-bond donors (Lipinski definition) is 1. The second-order valence-electron chi connectivity index (χ2n) is 7.37. The minimum atomic E-state index is -0.733. The Morgan fingerprint density at radius 1 is 1.28 bits per heavy atom. The van der Waals surface area contributed by atoms with Crippen LogP contribution >= 0.6 is 15.9 Å². The molecule has 3 aromatic rings. The highest BCUT2D eigenvalue weighted by atomic mass is 79.9. The Morgan fingerprint density at radius 2 is 2.00 bits per heavy atom. The number of ether oxygens (including phenoxy) is 1. The summed E-state index contributed by atoms with van der Waals surface area (Å²) in [6.45, 7) is 5.68. The summed E-state index contributed by atoms with van der Waals surface area (Å²) in [6.07, 6.45) is 0. The van der Waals surface area contributed by atoms with Crippen LogP contribution in [0, 0.1) is 12.7 Å². The van der Waals surface area contributed by atoms with Gasteiger partial charge in [-0.25, -0.2) is 19.0 Å². The smallest absolute Gasteiger partial charge is 0.235 e. The van der Waals surface area contributed by atoms with E-state index in [4.69, 9.17) is 4.74 Å². The molecule has 1 aliphatic rings. The van der Waals surface area contributed by atoms with Crippen molar-refractivity contribution in [2.24, 2.45) is 0 Å². The van der Waals surface area contributed by atoms with Gasteiger partial charge in [0, 0.05) is 16.7 Å². The Labute approximate surface area is 175 Å². The molecule has 0 unspecified atom stereocenters. The number of amides is 1. The van der Waals surface area contributed by atoms with Gasteiger partial charge in [-0.3, -0.25) is 4.79 Å². The second kappa shape index (κ2) is 6.91. The maximum absolute atomic E-state index is 14.1. The summed E-state index contributed by atoms with van der Waals surface area (Å²) >= 11 is 3.47. The van der Waals surface area contributed by atoms with Crippen LogP contribution in [0.3, 0.4) is 0 Å². The van der Waals surface area contributed by atoms with E-state index in [1.807, 2.05) is 20.8 Å². The highest BCUT2D eigenvalue weighted by molar-refractivity contribution is 9.10. The van der Waals surface area contributed by atoms with E-state index in [1.54, 1.807) is 22.9 Å². The van der Waals surface area contributed by atoms with Crippen molar-refractivity contribution >= 4 is 27.7 Å². The summed E-state index contributed by atoms with van der Waals surface area (Å²) in [4.78, 5) is 21.3. The fourth-order valence-electron chi connectivity index (χ4n) is 3.46. The lowest BCUT2D eigenvalue weighted by molar-refractivity contribution is -0.119. The molecule has 1 amide bonds. The molecule has 7 nitrogen and oxygen atoms in total. The molecule has 0 saturated heterocycles. The lowest BCUT2D eigenvalue weighted by atomic mass is 9.88. The summed E-state index contributed by atoms with van der Waals surface area (Å²) in [7, 11) is 1.54. The number of carbonyl (C=O) groups is 1. The van der Waals surface area contributed by atoms with Crippen LogP contribution in [-0.4, -0.2) is 32.8 Å². The summed E-state index contributed by atoms with van der Waals surface area (Å²) in [5, 5.41) is 7.38. The van der Waals surface area contributed by atoms with Gasteiger partial charge >= 0.3 is 0 Å². The van der Waals surface area contributed by atoms with E-state index in [0.717, 1.165) is 5.56 Å². The summed E-state index contributed by atoms with van der Waals surface area (Å²) < 4.78 is 21.7. The van der Waals surface area contributed by atoms with E-state index in [9.17, 15) is 9.18 Å². The minimum Gasteiger partial charge on any atom is -0.481 e. The van der Waals surface area contributed by atoms with Crippen molar-refractivity contribution in [1.82, 2.24) is 19.7 Å². The fourth-order valence-corrected chi connectivity index (χ4v) is 4.31. The maximum atomic E-state index is 14.1. The number of anilines is 1. The molecule has 0 atom stereocenters. The van der Waals surface area contributed by atoms with Gasteiger partial charge in [-0.15, -0.1) is 0 Å². The van der Waals surface area contributed by atoms with Crippen molar-refractivity contribution in [1.29, 1.82) is 0 Å². The lowest BCUT2D eigenvalue weighted by Gasteiger charge is -2.15. The third-order valence-electron chi connectivity index (χ3n) is 5.10. The fraction of sp³-hybridized carbons (Fsp3) is 0.300. The van der Waals surface area contributed by atoms with E-state index in [0.29, 0.717) is 38.9 Å². The monoisotopic (exact) mass is 459 g/mol. The van der Waals surface area contributed by atoms with Crippen molar-refractivity contribution in [2.75, 3.05) is 12.4 Å². The number of nitrogens with zero attached hydrogens (tertiary/aromatic N) is 4. The zero-order chi connectivity index (χ0) is 20.9. The summed E-state index contributed by atoms with van der Waals surface area (Å²) in [6, 6.07) is 6.52. The number of aromatic nitrogens is 4. The number of rotatable bonds is 4. The first-order chi connectivity index (χ1) is 13.7. The Hall–Kier alpha value is -2.81. The highest BCUT2D eigenvalue weighted by Crippen LogP contribution is 2.41. The van der Waals surface area contributed by atoms with Gasteiger partial charge in [0.2, 0.25) is 11.8 Å². The third kappa shape index (κ3) is 3.09. The number of carbonyl (C=O) groups excluding carboxylic acids is 1. The number of nitrogens with one attached hydrogen (secondary N) is 1. The first kappa shape index (κ1) is 19.5. The Bertz CT molecular complexity index is 1140. The standard InChI is InChI=1S/C20H19BrFN5O2/c1-10-14(17-23-15(21)13-16(24-17)25-19(28)20(13,2)3)26-27(18(10)29-4)9-11-7-5-6-8-12(11)22/h5-8H,9H2,1-4H3,(H,23,24,25,28). The molecule has 4 rings (SSSR count). The molecule has 0 radical (unpaired) electrons. The van der Waals surface area contributed by atoms with E-state index in [1.165, 1.54) is 13.2 Å². The largest absolute Gasteiger partial charge is 0.481 e. The zero-order valence-corrected chi connectivity index (χ0v) is 18.0. The maximum Gasteiger partial charge on any atom is 0.235 e. The molecule has 1 aromatic carbocycles. The van der Waals surface area contributed by atoms with Gasteiger partial charge in [0.15, 0.2) is 5.82 Å². The Morgan fingerprint density at radius 3 is 2.69 bits per heavy atom. The molecule has 2 aromatic heterocycles. The average molecular weight is 460 g/mol. The first-order valence-corrected chi connectivity index (χ1v) is 9.78. The predicted molar refractivity (Wildman–Crippen MR) is 109 cm³/mol. The van der Waals surface area contributed by atoms with Gasteiger partial charge < -0.3 is 10.1 Å². The van der Waals surface area contributed by atoms with Gasteiger partial charge in [-0.2, -0.15) is 5.10 Å². The van der Waals surface area contributed by atoms with E-state index in [-0.39, 0.29) is 18.3 Å². The molecule has 3 heterocycles. The molecule has 150 valence electrons. The number of fused-ring (bicyclic) bond motifs is 1. The SMILES string of the molecule is COc1c(C)c(-c2nc(Br)c3c(n2)NC(=O)C3(C)C)nn1Cc1ccccc1F. The molecule has 29 heavy (non-hydrogen) atoms. The topological polar surface area (TPSA) is 81.9 Å². The van der Waals surface area contributed by atoms with Gasteiger partial charge in [0.1, 0.15) is 21.9 Å². The van der Waals surface area contributed by atoms with Crippen LogP contribution < -0.4 is 10.1 Å². The molecule has 1 aliphatic heterocycles. The first-order valence-electron chi connectivity index (χ1n) is 8.98. The number of halogens is 2. The average Bonchev–Trinajstić information content (AvgIpc) is 3.09. The molecule has 0 bridgehead atoms. The van der Waals surface area contributed by atoms with Gasteiger partial charge in [-0.1, -0.05) is 18.2 Å². The van der Waals surface area contributed by atoms with Crippen LogP contribution in [-0.2, 0) is 16.8 Å². The van der Waals surface area contributed by atoms with Crippen molar-refractivity contribution in [3.63, 3.8) is 0 Å². The molecule has 1 N–H and O–H groups in total. The summed E-state index contributed by atoms with van der Waals surface area (Å²) in [5.41, 5.74) is 1.69. The van der Waals surface area contributed by atoms with Crippen LogP contribution in [0.2, 0.25) is 0 Å². The molecule has 9 heteroatoms. The highest BCUT2D eigenvalue weighted by Gasteiger charge is 2.42. The van der Waals surface area contributed by atoms with Crippen molar-refractivity contribution in [3.05, 3.63) is 51.4 Å². The number of methoxy groups -OCH3 is 1. The van der Waals surface area contributed by atoms with Crippen molar-refractivity contribution < 1.29 is 13.9 Å². The Balaban J connectivity index is 1.80. The van der Waals surface area contributed by atoms with Crippen LogP contribution in [0.5, 0.6) is 5.88 Å². The van der Waals surface area contributed by atoms with Crippen LogP contribution in [0.4, 0.5) is 10.2 Å². The predicted octanol–water partition coefficient (Wildman–Crippen LogP) is 3.84. The lowest BCUT2D eigenvalue weighted by Crippen LogP contribution is -2.27. The second-order valence-corrected chi connectivity index (χ2v) is 8.12. The molecule has 0 aliphatic carbocycles. The number of hydrogen-bond acceptors (Lipinski definition) is 5. The molecule has 0 fully saturated rings. The number of benzene rings is 1. The molecular weight excluding hydrogens is 441 g/mol. The van der Waals surface area contributed by atoms with Crippen LogP contribution in [0.25, 0.3) is 11.5 Å². The Kier molecular flexibility index (Phi) is 4.65. The van der Waals surface area contributed by atoms with Gasteiger partial charge in [0.25, 0.3) is 0 Å². The van der Waals surface area contributed by atoms with Crippen LogP contribution in [0.15, 0.2) is 28.9 Å². The minimum absolute atomic E-state index is 0.140. The third-order valence-corrected chi connectivity index (χ3v) is 5.68. The quantitative estimate of drug-likeness (QED) is 0.599. The van der Waals surface area contributed by atoms with E-state index in [2.05, 4.69) is 36.3 Å². The van der Waals surface area contributed by atoms with Crippen LogP contribution in [0.1, 0.15) is 30.5 Å². The molecular formula is C20H19BrFN5O2. The van der Waals surface area contributed by atoms with Crippen molar-refractivity contribution in [2.45, 2.75) is 32.7 Å². The zero-order valence-electron chi connectivity index (χ0n) is 16.4. The normalized spacial score (nSPS) is 14.6. The van der Waals surface area contributed by atoms with Gasteiger partial charge in [0.05, 0.1) is 19.1 Å². The molecule has 0 saturated carbocycles.